The summed E-state index contributed by atoms with van der Waals surface area (Å²) in [7, 11) is 1.56. The lowest BCUT2D eigenvalue weighted by Gasteiger charge is -2.18. The third kappa shape index (κ3) is 5.70. The number of carbonyl (C=O) groups is 1. The Kier molecular flexibility index (Phi) is 7.40. The molecule has 0 fully saturated rings. The summed E-state index contributed by atoms with van der Waals surface area (Å²) in [4.78, 5) is 12.3. The highest BCUT2D eigenvalue weighted by atomic mass is 79.9. The molecule has 0 unspecified atom stereocenters. The van der Waals surface area contributed by atoms with Crippen LogP contribution in [0.25, 0.3) is 0 Å². The second kappa shape index (κ2) is 9.55. The van der Waals surface area contributed by atoms with Crippen LogP contribution in [0, 0.1) is 0 Å². The molecule has 0 aromatic heterocycles. The molecule has 0 aliphatic rings. The fourth-order valence-corrected chi connectivity index (χ4v) is 3.02. The average Bonchev–Trinajstić information content (AvgIpc) is 2.66. The molecule has 1 N–H and O–H groups in total. The predicted octanol–water partition coefficient (Wildman–Crippen LogP) is 5.08. The molecule has 0 saturated carbocycles. The van der Waals surface area contributed by atoms with E-state index in [4.69, 9.17) is 9.47 Å². The Morgan fingerprint density at radius 3 is 2.50 bits per heavy atom. The van der Waals surface area contributed by atoms with Crippen molar-refractivity contribution >= 4 is 28.1 Å². The van der Waals surface area contributed by atoms with Crippen molar-refractivity contribution in [2.24, 2.45) is 5.10 Å². The topological polar surface area (TPSA) is 59.9 Å². The number of nitrogens with zero attached hydrogens (tertiary/aromatic N) is 1. The number of rotatable bonds is 7. The van der Waals surface area contributed by atoms with Crippen molar-refractivity contribution < 1.29 is 14.3 Å². The van der Waals surface area contributed by atoms with Gasteiger partial charge in [-0.2, -0.15) is 5.10 Å². The van der Waals surface area contributed by atoms with Gasteiger partial charge in [0.05, 0.1) is 17.8 Å². The van der Waals surface area contributed by atoms with Crippen LogP contribution in [0.15, 0.2) is 58.6 Å². The van der Waals surface area contributed by atoms with Crippen molar-refractivity contribution in [2.45, 2.75) is 26.2 Å². The van der Waals surface area contributed by atoms with Crippen molar-refractivity contribution in [1.29, 1.82) is 0 Å². The quantitative estimate of drug-likeness (QED) is 0.367. The van der Waals surface area contributed by atoms with Gasteiger partial charge in [0.25, 0.3) is 5.91 Å². The number of nitrogens with one attached hydrogen (secondary N) is 1. The predicted molar refractivity (Wildman–Crippen MR) is 117 cm³/mol. The highest BCUT2D eigenvalue weighted by Gasteiger charge is 2.14. The van der Waals surface area contributed by atoms with E-state index in [1.54, 1.807) is 37.6 Å². The van der Waals surface area contributed by atoms with Gasteiger partial charge in [-0.05, 0) is 56.7 Å². The van der Waals surface area contributed by atoms with Crippen LogP contribution in [0.4, 0.5) is 0 Å². The van der Waals surface area contributed by atoms with Crippen molar-refractivity contribution in [3.63, 3.8) is 0 Å². The summed E-state index contributed by atoms with van der Waals surface area (Å²) in [6, 6.07) is 11.1. The van der Waals surface area contributed by atoms with E-state index in [-0.39, 0.29) is 11.3 Å². The zero-order valence-corrected chi connectivity index (χ0v) is 18.2. The number of halogens is 1. The highest BCUT2D eigenvalue weighted by molar-refractivity contribution is 9.10. The SMILES string of the molecule is C=CCOc1c(Br)cc(/C=N\NC(=O)c2ccc(C(C)(C)C)cc2)cc1OC. The minimum atomic E-state index is -0.270. The summed E-state index contributed by atoms with van der Waals surface area (Å²) in [5.74, 6) is 0.873. The lowest BCUT2D eigenvalue weighted by molar-refractivity contribution is 0.0955. The van der Waals surface area contributed by atoms with Crippen LogP contribution in [-0.2, 0) is 5.41 Å². The average molecular weight is 445 g/mol. The maximum Gasteiger partial charge on any atom is 0.271 e. The Hall–Kier alpha value is -2.60. The molecule has 28 heavy (non-hydrogen) atoms. The van der Waals surface area contributed by atoms with E-state index in [0.29, 0.717) is 23.7 Å². The monoisotopic (exact) mass is 444 g/mol. The standard InChI is InChI=1S/C22H25BrN2O3/c1-6-11-28-20-18(23)12-15(13-19(20)27-5)14-24-25-21(26)16-7-9-17(10-8-16)22(2,3)4/h6-10,12-14H,1,11H2,2-5H3,(H,25,26)/b24-14-. The third-order valence-corrected chi connectivity index (χ3v) is 4.58. The normalized spacial score (nSPS) is 11.3. The molecule has 0 spiro atoms. The summed E-state index contributed by atoms with van der Waals surface area (Å²) < 4.78 is 11.7. The van der Waals surface area contributed by atoms with Crippen LogP contribution < -0.4 is 14.9 Å². The van der Waals surface area contributed by atoms with Gasteiger partial charge in [0.15, 0.2) is 11.5 Å². The van der Waals surface area contributed by atoms with Crippen molar-refractivity contribution in [3.8, 4) is 11.5 Å². The molecule has 6 heteroatoms. The van der Waals surface area contributed by atoms with E-state index in [9.17, 15) is 4.79 Å². The molecule has 0 saturated heterocycles. The van der Waals surface area contributed by atoms with E-state index in [1.165, 1.54) is 5.56 Å². The molecule has 0 aliphatic carbocycles. The number of ether oxygens (including phenoxy) is 2. The molecule has 0 heterocycles. The number of hydrogen-bond donors (Lipinski definition) is 1. The minimum absolute atomic E-state index is 0.0428. The molecule has 2 aromatic carbocycles. The van der Waals surface area contributed by atoms with E-state index in [1.807, 2.05) is 18.2 Å². The van der Waals surface area contributed by atoms with Crippen LogP contribution in [0.2, 0.25) is 0 Å². The molecule has 0 radical (unpaired) electrons. The van der Waals surface area contributed by atoms with E-state index in [0.717, 1.165) is 10.0 Å². The number of amides is 1. The van der Waals surface area contributed by atoms with Gasteiger partial charge in [-0.1, -0.05) is 45.6 Å². The molecule has 2 rings (SSSR count). The van der Waals surface area contributed by atoms with Crippen LogP contribution in [0.5, 0.6) is 11.5 Å². The third-order valence-electron chi connectivity index (χ3n) is 3.99. The molecular weight excluding hydrogens is 420 g/mol. The van der Waals surface area contributed by atoms with Crippen LogP contribution >= 0.6 is 15.9 Å². The molecule has 5 nitrogen and oxygen atoms in total. The van der Waals surface area contributed by atoms with E-state index in [2.05, 4.69) is 53.8 Å². The molecule has 1 amide bonds. The molecule has 0 bridgehead atoms. The molecule has 2 aromatic rings. The molecule has 0 aliphatic heterocycles. The Balaban J connectivity index is 2.08. The van der Waals surface area contributed by atoms with E-state index < -0.39 is 0 Å². The number of hydrazone groups is 1. The van der Waals surface area contributed by atoms with Crippen LogP contribution in [0.3, 0.4) is 0 Å². The summed E-state index contributed by atoms with van der Waals surface area (Å²) in [5.41, 5.74) is 5.05. The Bertz CT molecular complexity index is 869. The van der Waals surface area contributed by atoms with E-state index >= 15 is 0 Å². The summed E-state index contributed by atoms with van der Waals surface area (Å²) in [6.07, 6.45) is 3.21. The minimum Gasteiger partial charge on any atom is -0.493 e. The first kappa shape index (κ1) is 21.7. The van der Waals surface area contributed by atoms with Gasteiger partial charge in [0, 0.05) is 5.56 Å². The van der Waals surface area contributed by atoms with Crippen LogP contribution in [0.1, 0.15) is 42.3 Å². The first-order valence-corrected chi connectivity index (χ1v) is 9.60. The van der Waals surface area contributed by atoms with Crippen molar-refractivity contribution in [2.75, 3.05) is 13.7 Å². The largest absolute Gasteiger partial charge is 0.493 e. The van der Waals surface area contributed by atoms with Gasteiger partial charge in [-0.3, -0.25) is 4.79 Å². The summed E-state index contributed by atoms with van der Waals surface area (Å²) in [6.45, 7) is 10.4. The molecule has 148 valence electrons. The van der Waals surface area contributed by atoms with Gasteiger partial charge in [-0.15, -0.1) is 0 Å². The fourth-order valence-electron chi connectivity index (χ4n) is 2.45. The maximum atomic E-state index is 12.3. The number of benzene rings is 2. The Morgan fingerprint density at radius 1 is 1.25 bits per heavy atom. The van der Waals surface area contributed by atoms with Crippen LogP contribution in [-0.4, -0.2) is 25.8 Å². The fraction of sp³-hybridized carbons (Fsp3) is 0.273. The van der Waals surface area contributed by atoms with Gasteiger partial charge >= 0.3 is 0 Å². The Labute approximate surface area is 174 Å². The summed E-state index contributed by atoms with van der Waals surface area (Å²) >= 11 is 3.46. The second-order valence-electron chi connectivity index (χ2n) is 7.16. The number of carbonyl (C=O) groups excluding carboxylic acids is 1. The lowest BCUT2D eigenvalue weighted by Crippen LogP contribution is -2.18. The van der Waals surface area contributed by atoms with Gasteiger partial charge in [-0.25, -0.2) is 5.43 Å². The van der Waals surface area contributed by atoms with Gasteiger partial charge < -0.3 is 9.47 Å². The molecule has 0 atom stereocenters. The second-order valence-corrected chi connectivity index (χ2v) is 8.01. The summed E-state index contributed by atoms with van der Waals surface area (Å²) in [5, 5.41) is 4.04. The van der Waals surface area contributed by atoms with Gasteiger partial charge in [0.1, 0.15) is 6.61 Å². The lowest BCUT2D eigenvalue weighted by atomic mass is 9.87. The van der Waals surface area contributed by atoms with Gasteiger partial charge in [0.2, 0.25) is 0 Å². The van der Waals surface area contributed by atoms with Crippen molar-refractivity contribution in [1.82, 2.24) is 5.43 Å². The number of hydrogen-bond acceptors (Lipinski definition) is 4. The highest BCUT2D eigenvalue weighted by Crippen LogP contribution is 2.36. The van der Waals surface area contributed by atoms with Crippen molar-refractivity contribution in [3.05, 3.63) is 70.2 Å². The zero-order valence-electron chi connectivity index (χ0n) is 16.6. The maximum absolute atomic E-state index is 12.3. The first-order valence-electron chi connectivity index (χ1n) is 8.81. The smallest absolute Gasteiger partial charge is 0.271 e. The zero-order chi connectivity index (χ0) is 20.7. The Morgan fingerprint density at radius 2 is 1.93 bits per heavy atom. The number of methoxy groups -OCH3 is 1. The molecular formula is C22H25BrN2O3. The first-order chi connectivity index (χ1) is 13.3.